The predicted molar refractivity (Wildman–Crippen MR) is 121 cm³/mol. The average Bonchev–Trinajstić information content (AvgIpc) is 3.41. The highest BCUT2D eigenvalue weighted by Crippen LogP contribution is 2.32. The van der Waals surface area contributed by atoms with Crippen molar-refractivity contribution in [3.8, 4) is 11.5 Å². The summed E-state index contributed by atoms with van der Waals surface area (Å²) in [6.45, 7) is 0.198. The summed E-state index contributed by atoms with van der Waals surface area (Å²) in [6, 6.07) is 12.3. The summed E-state index contributed by atoms with van der Waals surface area (Å²) in [5.41, 5.74) is 1.47. The maximum Gasteiger partial charge on any atom is 0.250 e. The maximum absolute atomic E-state index is 12.1. The summed E-state index contributed by atoms with van der Waals surface area (Å²) in [5, 5.41) is 14.3. The van der Waals surface area contributed by atoms with E-state index in [1.807, 2.05) is 6.07 Å². The highest BCUT2D eigenvalue weighted by molar-refractivity contribution is 8.01. The largest absolute Gasteiger partial charge is 0.454 e. The zero-order chi connectivity index (χ0) is 21.6. The summed E-state index contributed by atoms with van der Waals surface area (Å²) in [6.07, 6.45) is 3.06. The first-order valence-electron chi connectivity index (χ1n) is 8.95. The summed E-state index contributed by atoms with van der Waals surface area (Å²) < 4.78 is 11.1. The van der Waals surface area contributed by atoms with Crippen LogP contribution >= 0.6 is 34.7 Å². The Balaban J connectivity index is 1.25. The number of nitrogens with one attached hydrogen (secondary N) is 2. The average molecular weight is 475 g/mol. The molecule has 8 nitrogen and oxygen atoms in total. The Labute approximate surface area is 190 Å². The quantitative estimate of drug-likeness (QED) is 0.299. The molecule has 3 aromatic rings. The molecule has 0 atom stereocenters. The van der Waals surface area contributed by atoms with Crippen molar-refractivity contribution in [2.75, 3.05) is 23.2 Å². The lowest BCUT2D eigenvalue weighted by Gasteiger charge is -2.03. The van der Waals surface area contributed by atoms with E-state index in [9.17, 15) is 9.59 Å². The molecule has 0 radical (unpaired) electrons. The first-order chi connectivity index (χ1) is 15.0. The number of carbonyl (C=O) groups excluding carboxylic acids is 2. The van der Waals surface area contributed by atoms with E-state index in [4.69, 9.17) is 21.1 Å². The van der Waals surface area contributed by atoms with Crippen LogP contribution in [0.25, 0.3) is 6.08 Å². The van der Waals surface area contributed by atoms with Gasteiger partial charge in [-0.15, -0.1) is 10.2 Å². The number of thioether (sulfide) groups is 1. The SMILES string of the molecule is O=C(/C=C/c1ccc2c(c1)OCO2)Nc1nnc(SCC(=O)Nc2ccc(Cl)cc2)s1. The predicted octanol–water partition coefficient (Wildman–Crippen LogP) is 4.30. The topological polar surface area (TPSA) is 102 Å². The van der Waals surface area contributed by atoms with Gasteiger partial charge >= 0.3 is 0 Å². The minimum atomic E-state index is -0.342. The van der Waals surface area contributed by atoms with Crippen LogP contribution in [0.5, 0.6) is 11.5 Å². The molecule has 1 aliphatic heterocycles. The Hall–Kier alpha value is -3.08. The first-order valence-corrected chi connectivity index (χ1v) is 11.1. The fraction of sp³-hybridized carbons (Fsp3) is 0.100. The number of hydrogen-bond acceptors (Lipinski definition) is 8. The number of halogens is 1. The fourth-order valence-corrected chi connectivity index (χ4v) is 4.19. The summed E-state index contributed by atoms with van der Waals surface area (Å²) in [5.74, 6) is 0.969. The van der Waals surface area contributed by atoms with Gasteiger partial charge in [-0.3, -0.25) is 14.9 Å². The second kappa shape index (κ2) is 9.82. The third-order valence-electron chi connectivity index (χ3n) is 3.92. The molecule has 31 heavy (non-hydrogen) atoms. The van der Waals surface area contributed by atoms with Crippen LogP contribution in [-0.2, 0) is 9.59 Å². The molecule has 0 fully saturated rings. The molecular formula is C20H15ClN4O4S2. The molecule has 2 heterocycles. The van der Waals surface area contributed by atoms with Gasteiger partial charge in [-0.2, -0.15) is 0 Å². The van der Waals surface area contributed by atoms with Gasteiger partial charge in [-0.25, -0.2) is 0 Å². The van der Waals surface area contributed by atoms with Gasteiger partial charge in [0.1, 0.15) is 0 Å². The molecule has 0 saturated heterocycles. The van der Waals surface area contributed by atoms with Crippen molar-refractivity contribution in [2.45, 2.75) is 4.34 Å². The molecule has 1 aliphatic rings. The number of fused-ring (bicyclic) bond motifs is 1. The third kappa shape index (κ3) is 5.97. The number of nitrogens with zero attached hydrogens (tertiary/aromatic N) is 2. The number of benzene rings is 2. The van der Waals surface area contributed by atoms with Crippen LogP contribution in [0.2, 0.25) is 5.02 Å². The summed E-state index contributed by atoms with van der Waals surface area (Å²) in [4.78, 5) is 24.2. The van der Waals surface area contributed by atoms with Crippen molar-refractivity contribution in [1.82, 2.24) is 10.2 Å². The van der Waals surface area contributed by atoms with Crippen LogP contribution in [0.3, 0.4) is 0 Å². The first kappa shape index (κ1) is 21.2. The second-order valence-electron chi connectivity index (χ2n) is 6.15. The summed E-state index contributed by atoms with van der Waals surface area (Å²) in [7, 11) is 0. The number of rotatable bonds is 7. The van der Waals surface area contributed by atoms with Crippen LogP contribution in [0, 0.1) is 0 Å². The highest BCUT2D eigenvalue weighted by Gasteiger charge is 2.13. The van der Waals surface area contributed by atoms with Crippen LogP contribution in [0.4, 0.5) is 10.8 Å². The Morgan fingerprint density at radius 3 is 2.74 bits per heavy atom. The van der Waals surface area contributed by atoms with E-state index in [2.05, 4.69) is 20.8 Å². The van der Waals surface area contributed by atoms with Gasteiger partial charge < -0.3 is 14.8 Å². The van der Waals surface area contributed by atoms with Crippen LogP contribution in [0.15, 0.2) is 52.9 Å². The molecule has 0 aliphatic carbocycles. The van der Waals surface area contributed by atoms with Gasteiger partial charge in [-0.05, 0) is 48.0 Å². The molecule has 0 unspecified atom stereocenters. The van der Waals surface area contributed by atoms with Crippen LogP contribution < -0.4 is 20.1 Å². The van der Waals surface area contributed by atoms with Gasteiger partial charge in [0.05, 0.1) is 5.75 Å². The van der Waals surface area contributed by atoms with Gasteiger partial charge in [0.2, 0.25) is 23.7 Å². The lowest BCUT2D eigenvalue weighted by atomic mass is 10.2. The molecular weight excluding hydrogens is 460 g/mol. The molecule has 0 spiro atoms. The van der Waals surface area contributed by atoms with E-state index < -0.39 is 0 Å². The standard InChI is InChI=1S/C20H15ClN4O4S2/c21-13-3-5-14(6-4-13)22-18(27)10-30-20-25-24-19(31-20)23-17(26)8-2-12-1-7-15-16(9-12)29-11-28-15/h1-9H,10-11H2,(H,22,27)(H,23,24,26)/b8-2+. The number of hydrogen-bond donors (Lipinski definition) is 2. The van der Waals surface area contributed by atoms with Gasteiger partial charge in [0.25, 0.3) is 0 Å². The Morgan fingerprint density at radius 1 is 1.10 bits per heavy atom. The third-order valence-corrected chi connectivity index (χ3v) is 6.14. The van der Waals surface area contributed by atoms with E-state index >= 15 is 0 Å². The molecule has 158 valence electrons. The van der Waals surface area contributed by atoms with E-state index in [1.165, 1.54) is 29.2 Å². The maximum atomic E-state index is 12.1. The Morgan fingerprint density at radius 2 is 1.90 bits per heavy atom. The molecule has 11 heteroatoms. The van der Waals surface area contributed by atoms with Crippen LogP contribution in [-0.4, -0.2) is 34.6 Å². The van der Waals surface area contributed by atoms with E-state index in [0.717, 1.165) is 5.56 Å². The smallest absolute Gasteiger partial charge is 0.250 e. The lowest BCUT2D eigenvalue weighted by Crippen LogP contribution is -2.13. The van der Waals surface area contributed by atoms with Crippen molar-refractivity contribution in [3.63, 3.8) is 0 Å². The summed E-state index contributed by atoms with van der Waals surface area (Å²) >= 11 is 8.25. The van der Waals surface area contributed by atoms with Crippen molar-refractivity contribution < 1.29 is 19.1 Å². The van der Waals surface area contributed by atoms with E-state index in [0.29, 0.717) is 31.7 Å². The Bertz CT molecular complexity index is 1130. The number of aromatic nitrogens is 2. The monoisotopic (exact) mass is 474 g/mol. The molecule has 4 rings (SSSR count). The normalized spacial score (nSPS) is 12.2. The molecule has 0 bridgehead atoms. The molecule has 1 aromatic heterocycles. The Kier molecular flexibility index (Phi) is 6.70. The number of amides is 2. The van der Waals surface area contributed by atoms with Crippen molar-refractivity contribution in [1.29, 1.82) is 0 Å². The highest BCUT2D eigenvalue weighted by atomic mass is 35.5. The number of ether oxygens (including phenoxy) is 2. The number of anilines is 2. The molecule has 2 N–H and O–H groups in total. The zero-order valence-corrected chi connectivity index (χ0v) is 18.2. The zero-order valence-electron chi connectivity index (χ0n) is 15.8. The van der Waals surface area contributed by atoms with Crippen molar-refractivity contribution in [2.24, 2.45) is 0 Å². The van der Waals surface area contributed by atoms with Crippen molar-refractivity contribution >= 4 is 63.4 Å². The van der Waals surface area contributed by atoms with Crippen molar-refractivity contribution in [3.05, 3.63) is 59.1 Å². The molecule has 2 aromatic carbocycles. The molecule has 2 amide bonds. The molecule has 0 saturated carbocycles. The number of carbonyl (C=O) groups is 2. The fourth-order valence-electron chi connectivity index (χ4n) is 2.51. The van der Waals surface area contributed by atoms with Gasteiger partial charge in [-0.1, -0.05) is 40.8 Å². The second-order valence-corrected chi connectivity index (χ2v) is 8.79. The minimum absolute atomic E-state index is 0.162. The van der Waals surface area contributed by atoms with Gasteiger partial charge in [0.15, 0.2) is 15.8 Å². The lowest BCUT2D eigenvalue weighted by molar-refractivity contribution is -0.114. The van der Waals surface area contributed by atoms with E-state index in [-0.39, 0.29) is 24.4 Å². The van der Waals surface area contributed by atoms with Crippen LogP contribution in [0.1, 0.15) is 5.56 Å². The van der Waals surface area contributed by atoms with Gasteiger partial charge in [0, 0.05) is 16.8 Å². The minimum Gasteiger partial charge on any atom is -0.454 e. The van der Waals surface area contributed by atoms with E-state index in [1.54, 1.807) is 42.5 Å².